The van der Waals surface area contributed by atoms with Gasteiger partial charge in [0.15, 0.2) is 17.5 Å². The lowest BCUT2D eigenvalue weighted by molar-refractivity contribution is 0.671. The summed E-state index contributed by atoms with van der Waals surface area (Å²) in [5, 5.41) is 11.3. The van der Waals surface area contributed by atoms with Gasteiger partial charge in [-0.25, -0.2) is 15.0 Å². The number of fused-ring (bicyclic) bond motifs is 3. The highest BCUT2D eigenvalue weighted by atomic mass is 16.3. The minimum absolute atomic E-state index is 0.568. The summed E-state index contributed by atoms with van der Waals surface area (Å²) in [5.41, 5.74) is 13.0. The molecule has 10 rings (SSSR count). The number of aromatic nitrogens is 4. The van der Waals surface area contributed by atoms with Gasteiger partial charge < -0.3 is 4.42 Å². The van der Waals surface area contributed by atoms with E-state index in [1.807, 2.05) is 97.2 Å². The zero-order chi connectivity index (χ0) is 38.1. The molecule has 57 heavy (non-hydrogen) atoms. The van der Waals surface area contributed by atoms with Crippen LogP contribution < -0.4 is 0 Å². The highest BCUT2D eigenvalue weighted by Gasteiger charge is 2.19. The fraction of sp³-hybridized carbons (Fsp3) is 0. The minimum Gasteiger partial charge on any atom is -0.455 e. The summed E-state index contributed by atoms with van der Waals surface area (Å²) in [6, 6.07) is 61.5. The molecule has 0 atom stereocenters. The predicted octanol–water partition coefficient (Wildman–Crippen LogP) is 12.7. The summed E-state index contributed by atoms with van der Waals surface area (Å²) >= 11 is 0. The van der Waals surface area contributed by atoms with Crippen molar-refractivity contribution in [3.63, 3.8) is 0 Å². The van der Waals surface area contributed by atoms with E-state index in [1.54, 1.807) is 6.20 Å². The first kappa shape index (κ1) is 33.6. The van der Waals surface area contributed by atoms with Gasteiger partial charge in [0, 0.05) is 56.5 Å². The molecule has 6 nitrogen and oxygen atoms in total. The molecule has 0 radical (unpaired) electrons. The molecule has 0 aliphatic heterocycles. The summed E-state index contributed by atoms with van der Waals surface area (Å²) in [5.74, 6) is 1.77. The second-order valence-corrected chi connectivity index (χ2v) is 13.8. The first-order valence-corrected chi connectivity index (χ1v) is 18.7. The Bertz CT molecular complexity index is 3040. The third-order valence-corrected chi connectivity index (χ3v) is 10.3. The van der Waals surface area contributed by atoms with Crippen LogP contribution in [-0.4, -0.2) is 19.9 Å². The molecular formula is C51H31N5O. The molecule has 0 bridgehead atoms. The van der Waals surface area contributed by atoms with Gasteiger partial charge in [0.25, 0.3) is 0 Å². The van der Waals surface area contributed by atoms with Gasteiger partial charge in [0.1, 0.15) is 11.2 Å². The molecule has 0 saturated heterocycles. The van der Waals surface area contributed by atoms with Crippen molar-refractivity contribution in [2.45, 2.75) is 0 Å². The van der Waals surface area contributed by atoms with E-state index in [9.17, 15) is 5.26 Å². The Morgan fingerprint density at radius 1 is 0.386 bits per heavy atom. The summed E-state index contributed by atoms with van der Waals surface area (Å²) < 4.78 is 6.92. The van der Waals surface area contributed by atoms with Gasteiger partial charge in [-0.1, -0.05) is 140 Å². The molecule has 0 aliphatic carbocycles. The van der Waals surface area contributed by atoms with Crippen LogP contribution in [0.4, 0.5) is 0 Å². The number of pyridine rings is 1. The van der Waals surface area contributed by atoms with Gasteiger partial charge >= 0.3 is 0 Å². The number of benzene rings is 7. The first-order valence-electron chi connectivity index (χ1n) is 18.7. The zero-order valence-electron chi connectivity index (χ0n) is 30.5. The lowest BCUT2D eigenvalue weighted by atomic mass is 9.95. The second kappa shape index (κ2) is 14.3. The summed E-state index contributed by atoms with van der Waals surface area (Å²) in [4.78, 5) is 19.5. The molecule has 0 fully saturated rings. The maximum Gasteiger partial charge on any atom is 0.164 e. The van der Waals surface area contributed by atoms with E-state index in [0.29, 0.717) is 23.0 Å². The molecule has 3 heterocycles. The number of hydrogen-bond acceptors (Lipinski definition) is 6. The molecular weight excluding hydrogens is 699 g/mol. The summed E-state index contributed by atoms with van der Waals surface area (Å²) in [6.07, 6.45) is 3.66. The maximum absolute atomic E-state index is 9.22. The van der Waals surface area contributed by atoms with Crippen molar-refractivity contribution < 1.29 is 4.42 Å². The SMILES string of the molecule is N#Cc1ccc(-c2ccc(-c3cccc4c3oc3c(-c5cc(-c6cccnc6)cc(-c6nc(-c7ccccc7)nc(-c7ccccc7)n6)c5)cccc34)cc2)cc1. The minimum atomic E-state index is 0.568. The Hall–Kier alpha value is -8.01. The smallest absolute Gasteiger partial charge is 0.164 e. The molecule has 0 spiro atoms. The average Bonchev–Trinajstić information content (AvgIpc) is 3.69. The molecule has 7 aromatic carbocycles. The van der Waals surface area contributed by atoms with Gasteiger partial charge in [-0.3, -0.25) is 4.98 Å². The lowest BCUT2D eigenvalue weighted by Gasteiger charge is -2.12. The molecule has 0 N–H and O–H groups in total. The van der Waals surface area contributed by atoms with Crippen molar-refractivity contribution in [2.75, 3.05) is 0 Å². The largest absolute Gasteiger partial charge is 0.455 e. The van der Waals surface area contributed by atoms with Crippen LogP contribution in [-0.2, 0) is 0 Å². The van der Waals surface area contributed by atoms with E-state index >= 15 is 0 Å². The van der Waals surface area contributed by atoms with Crippen molar-refractivity contribution in [1.29, 1.82) is 5.26 Å². The van der Waals surface area contributed by atoms with Gasteiger partial charge in [-0.05, 0) is 64.2 Å². The van der Waals surface area contributed by atoms with Crippen LogP contribution in [0.5, 0.6) is 0 Å². The molecule has 10 aromatic rings. The topological polar surface area (TPSA) is 88.5 Å². The average molecular weight is 730 g/mol. The Balaban J connectivity index is 1.13. The Morgan fingerprint density at radius 2 is 0.877 bits per heavy atom. The Labute approximate surface area is 329 Å². The van der Waals surface area contributed by atoms with Gasteiger partial charge in [-0.2, -0.15) is 5.26 Å². The monoisotopic (exact) mass is 729 g/mol. The predicted molar refractivity (Wildman–Crippen MR) is 228 cm³/mol. The number of furan rings is 1. The zero-order valence-corrected chi connectivity index (χ0v) is 30.5. The number of hydrogen-bond donors (Lipinski definition) is 0. The Morgan fingerprint density at radius 3 is 1.44 bits per heavy atom. The van der Waals surface area contributed by atoms with E-state index < -0.39 is 0 Å². The fourth-order valence-electron chi connectivity index (χ4n) is 7.40. The highest BCUT2D eigenvalue weighted by Crippen LogP contribution is 2.42. The van der Waals surface area contributed by atoms with Crippen molar-refractivity contribution in [3.8, 4) is 84.7 Å². The summed E-state index contributed by atoms with van der Waals surface area (Å²) in [6.45, 7) is 0. The molecule has 0 amide bonds. The highest BCUT2D eigenvalue weighted by molar-refractivity contribution is 6.13. The maximum atomic E-state index is 9.22. The number of nitriles is 1. The van der Waals surface area contributed by atoms with Crippen LogP contribution >= 0.6 is 0 Å². The molecule has 3 aromatic heterocycles. The van der Waals surface area contributed by atoms with E-state index in [1.165, 1.54) is 0 Å². The molecule has 266 valence electrons. The second-order valence-electron chi connectivity index (χ2n) is 13.8. The third-order valence-electron chi connectivity index (χ3n) is 10.3. The number of rotatable bonds is 7. The van der Waals surface area contributed by atoms with Gasteiger partial charge in [0.2, 0.25) is 0 Å². The van der Waals surface area contributed by atoms with Crippen molar-refractivity contribution in [3.05, 3.63) is 194 Å². The van der Waals surface area contributed by atoms with Crippen LogP contribution in [0.2, 0.25) is 0 Å². The quantitative estimate of drug-likeness (QED) is 0.162. The molecule has 0 unspecified atom stereocenters. The number of nitrogens with zero attached hydrogens (tertiary/aromatic N) is 5. The molecule has 6 heteroatoms. The molecule has 0 saturated carbocycles. The number of para-hydroxylation sites is 2. The fourth-order valence-corrected chi connectivity index (χ4v) is 7.40. The van der Waals surface area contributed by atoms with E-state index in [-0.39, 0.29) is 0 Å². The van der Waals surface area contributed by atoms with Crippen LogP contribution in [0.25, 0.3) is 101 Å². The first-order chi connectivity index (χ1) is 28.2. The van der Waals surface area contributed by atoms with E-state index in [4.69, 9.17) is 19.4 Å². The van der Waals surface area contributed by atoms with Crippen molar-refractivity contribution >= 4 is 21.9 Å². The third kappa shape index (κ3) is 6.39. The summed E-state index contributed by atoms with van der Waals surface area (Å²) in [7, 11) is 0. The van der Waals surface area contributed by atoms with Crippen LogP contribution in [0.15, 0.2) is 193 Å². The van der Waals surface area contributed by atoms with Crippen LogP contribution in [0.1, 0.15) is 5.56 Å². The lowest BCUT2D eigenvalue weighted by Crippen LogP contribution is -2.00. The van der Waals surface area contributed by atoms with E-state index in [2.05, 4.69) is 96.0 Å². The van der Waals surface area contributed by atoms with Crippen molar-refractivity contribution in [2.24, 2.45) is 0 Å². The van der Waals surface area contributed by atoms with Crippen molar-refractivity contribution in [1.82, 2.24) is 19.9 Å². The standard InChI is InChI=1S/C51H31N5O/c52-31-33-19-21-34(22-20-33)35-23-25-36(26-24-35)43-15-7-17-45-46-18-8-16-44(48(46)57-47(43)45)41-28-40(39-14-9-27-53-32-39)29-42(30-41)51-55-49(37-10-3-1-4-11-37)54-50(56-51)38-12-5-2-6-13-38/h1-30,32H. The normalized spacial score (nSPS) is 11.1. The molecule has 0 aliphatic rings. The van der Waals surface area contributed by atoms with Crippen LogP contribution in [0.3, 0.4) is 0 Å². The van der Waals surface area contributed by atoms with E-state index in [0.717, 1.165) is 83.1 Å². The van der Waals surface area contributed by atoms with Crippen LogP contribution in [0, 0.1) is 11.3 Å². The Kier molecular flexibility index (Phi) is 8.44. The van der Waals surface area contributed by atoms with Gasteiger partial charge in [0.05, 0.1) is 11.6 Å². The van der Waals surface area contributed by atoms with Gasteiger partial charge in [-0.15, -0.1) is 0 Å².